The van der Waals surface area contributed by atoms with Crippen molar-refractivity contribution in [2.45, 2.75) is 6.67 Å². The van der Waals surface area contributed by atoms with Crippen molar-refractivity contribution in [3.8, 4) is 0 Å². The van der Waals surface area contributed by atoms with E-state index in [0.29, 0.717) is 22.6 Å². The van der Waals surface area contributed by atoms with Gasteiger partial charge in [-0.05, 0) is 24.3 Å². The minimum atomic E-state index is -0.0682. The molecule has 25 heavy (non-hydrogen) atoms. The lowest BCUT2D eigenvalue weighted by Crippen LogP contribution is -2.48. The average molecular weight is 357 g/mol. The van der Waals surface area contributed by atoms with E-state index >= 15 is 0 Å². The van der Waals surface area contributed by atoms with E-state index in [4.69, 9.17) is 11.6 Å². The Morgan fingerprint density at radius 2 is 1.80 bits per heavy atom. The number of anilines is 1. The largest absolute Gasteiger partial charge is 0.338 e. The number of hydrogen-bond donors (Lipinski definition) is 0. The predicted octanol–water partition coefficient (Wildman–Crippen LogP) is 1.62. The van der Waals surface area contributed by atoms with Crippen LogP contribution < -0.4 is 10.5 Å². The van der Waals surface area contributed by atoms with Gasteiger partial charge < -0.3 is 4.90 Å². The third-order valence-electron chi connectivity index (χ3n) is 4.35. The molecule has 0 saturated carbocycles. The van der Waals surface area contributed by atoms with Crippen LogP contribution in [-0.2, 0) is 6.67 Å². The molecule has 0 spiro atoms. The predicted molar refractivity (Wildman–Crippen MR) is 96.8 cm³/mol. The van der Waals surface area contributed by atoms with Gasteiger partial charge in [0.2, 0.25) is 5.95 Å². The lowest BCUT2D eigenvalue weighted by molar-refractivity contribution is 0.202. The summed E-state index contributed by atoms with van der Waals surface area (Å²) in [5, 5.41) is 1.09. The number of aromatic nitrogens is 4. The van der Waals surface area contributed by atoms with Crippen molar-refractivity contribution in [3.05, 3.63) is 58.4 Å². The molecule has 0 unspecified atom stereocenters. The summed E-state index contributed by atoms with van der Waals surface area (Å²) >= 11 is 6.01. The van der Waals surface area contributed by atoms with Crippen molar-refractivity contribution in [1.82, 2.24) is 24.4 Å². The molecule has 0 amide bonds. The van der Waals surface area contributed by atoms with Gasteiger partial charge in [0.1, 0.15) is 0 Å². The third-order valence-corrected chi connectivity index (χ3v) is 4.58. The summed E-state index contributed by atoms with van der Waals surface area (Å²) in [5.41, 5.74) is 0.595. The van der Waals surface area contributed by atoms with E-state index in [-0.39, 0.29) is 5.56 Å². The molecule has 0 aliphatic carbocycles. The van der Waals surface area contributed by atoms with Gasteiger partial charge >= 0.3 is 0 Å². The van der Waals surface area contributed by atoms with Crippen LogP contribution >= 0.6 is 11.6 Å². The standard InChI is InChI=1S/C17H17ClN6O/c18-13-2-3-15-14(10-13)16(25)24(11-21-15)12-22-6-8-23(9-7-22)17-19-4-1-5-20-17/h1-5,10-11H,6-9,12H2. The molecular formula is C17H17ClN6O. The zero-order valence-corrected chi connectivity index (χ0v) is 14.3. The van der Waals surface area contributed by atoms with Crippen LogP contribution in [0.4, 0.5) is 5.95 Å². The number of fused-ring (bicyclic) bond motifs is 1. The van der Waals surface area contributed by atoms with E-state index in [0.717, 1.165) is 32.1 Å². The summed E-state index contributed by atoms with van der Waals surface area (Å²) in [5.74, 6) is 0.751. The first-order chi connectivity index (χ1) is 12.2. The number of hydrogen-bond acceptors (Lipinski definition) is 6. The highest BCUT2D eigenvalue weighted by Gasteiger charge is 2.19. The fourth-order valence-corrected chi connectivity index (χ4v) is 3.16. The SMILES string of the molecule is O=c1c2cc(Cl)ccc2ncn1CN1CCN(c2ncccn2)CC1. The van der Waals surface area contributed by atoms with Gasteiger partial charge in [0, 0.05) is 43.6 Å². The monoisotopic (exact) mass is 356 g/mol. The summed E-state index contributed by atoms with van der Waals surface area (Å²) in [4.78, 5) is 30.0. The van der Waals surface area contributed by atoms with Gasteiger partial charge in [-0.25, -0.2) is 15.0 Å². The van der Waals surface area contributed by atoms with Crippen LogP contribution in [0.5, 0.6) is 0 Å². The minimum absolute atomic E-state index is 0.0682. The molecule has 4 rings (SSSR count). The lowest BCUT2D eigenvalue weighted by atomic mass is 10.2. The molecule has 1 aliphatic rings. The normalized spacial score (nSPS) is 15.6. The Balaban J connectivity index is 1.48. The van der Waals surface area contributed by atoms with E-state index in [1.54, 1.807) is 41.5 Å². The molecule has 0 radical (unpaired) electrons. The van der Waals surface area contributed by atoms with Crippen LogP contribution in [0.1, 0.15) is 0 Å². The van der Waals surface area contributed by atoms with Gasteiger partial charge in [-0.2, -0.15) is 0 Å². The molecule has 0 bridgehead atoms. The molecule has 8 heteroatoms. The summed E-state index contributed by atoms with van der Waals surface area (Å²) in [6.45, 7) is 3.82. The molecule has 128 valence electrons. The molecule has 0 atom stereocenters. The third kappa shape index (κ3) is 3.33. The van der Waals surface area contributed by atoms with Crippen LogP contribution in [0.2, 0.25) is 5.02 Å². The summed E-state index contributed by atoms with van der Waals surface area (Å²) in [7, 11) is 0. The van der Waals surface area contributed by atoms with Gasteiger partial charge in [0.25, 0.3) is 5.56 Å². The maximum absolute atomic E-state index is 12.6. The lowest BCUT2D eigenvalue weighted by Gasteiger charge is -2.34. The summed E-state index contributed by atoms with van der Waals surface area (Å²) in [6, 6.07) is 6.99. The second kappa shape index (κ2) is 6.78. The van der Waals surface area contributed by atoms with Crippen LogP contribution in [-0.4, -0.2) is 50.6 Å². The quantitative estimate of drug-likeness (QED) is 0.710. The molecule has 2 aromatic heterocycles. The van der Waals surface area contributed by atoms with Gasteiger partial charge in [-0.1, -0.05) is 11.6 Å². The van der Waals surface area contributed by atoms with Crippen molar-refractivity contribution in [1.29, 1.82) is 0 Å². The zero-order chi connectivity index (χ0) is 17.2. The van der Waals surface area contributed by atoms with E-state index in [1.807, 2.05) is 6.07 Å². The first-order valence-electron chi connectivity index (χ1n) is 8.10. The Bertz CT molecular complexity index is 937. The number of benzene rings is 1. The number of halogens is 1. The van der Waals surface area contributed by atoms with Gasteiger partial charge in [-0.3, -0.25) is 14.3 Å². The first-order valence-corrected chi connectivity index (χ1v) is 8.47. The van der Waals surface area contributed by atoms with Gasteiger partial charge in [-0.15, -0.1) is 0 Å². The Morgan fingerprint density at radius 3 is 2.56 bits per heavy atom. The van der Waals surface area contributed by atoms with E-state index < -0.39 is 0 Å². The van der Waals surface area contributed by atoms with E-state index in [1.165, 1.54) is 0 Å². The molecule has 3 aromatic rings. The van der Waals surface area contributed by atoms with Crippen LogP contribution in [0.3, 0.4) is 0 Å². The molecule has 1 saturated heterocycles. The van der Waals surface area contributed by atoms with Crippen molar-refractivity contribution >= 4 is 28.5 Å². The van der Waals surface area contributed by atoms with Crippen LogP contribution in [0, 0.1) is 0 Å². The molecule has 0 N–H and O–H groups in total. The van der Waals surface area contributed by atoms with E-state index in [2.05, 4.69) is 24.8 Å². The molecule has 1 aromatic carbocycles. The number of rotatable bonds is 3. The fourth-order valence-electron chi connectivity index (χ4n) is 2.99. The highest BCUT2D eigenvalue weighted by atomic mass is 35.5. The topological polar surface area (TPSA) is 67.2 Å². The second-order valence-electron chi connectivity index (χ2n) is 5.98. The van der Waals surface area contributed by atoms with Crippen LogP contribution in [0.15, 0.2) is 47.8 Å². The molecular weight excluding hydrogens is 340 g/mol. The van der Waals surface area contributed by atoms with Gasteiger partial charge in [0.05, 0.1) is 23.9 Å². The Kier molecular flexibility index (Phi) is 4.33. The minimum Gasteiger partial charge on any atom is -0.338 e. The first kappa shape index (κ1) is 16.0. The van der Waals surface area contributed by atoms with E-state index in [9.17, 15) is 4.79 Å². The Hall–Kier alpha value is -2.51. The highest BCUT2D eigenvalue weighted by molar-refractivity contribution is 6.31. The fraction of sp³-hybridized carbons (Fsp3) is 0.294. The summed E-state index contributed by atoms with van der Waals surface area (Å²) < 4.78 is 1.63. The van der Waals surface area contributed by atoms with Gasteiger partial charge in [0.15, 0.2) is 0 Å². The molecule has 1 aliphatic heterocycles. The highest BCUT2D eigenvalue weighted by Crippen LogP contribution is 2.14. The average Bonchev–Trinajstić information content (AvgIpc) is 2.66. The maximum atomic E-state index is 12.6. The van der Waals surface area contributed by atoms with Crippen molar-refractivity contribution < 1.29 is 0 Å². The van der Waals surface area contributed by atoms with Crippen LogP contribution in [0.25, 0.3) is 10.9 Å². The van der Waals surface area contributed by atoms with Crippen molar-refractivity contribution in [2.75, 3.05) is 31.1 Å². The Labute approximate surface area is 149 Å². The second-order valence-corrected chi connectivity index (χ2v) is 6.41. The number of piperazine rings is 1. The molecule has 3 heterocycles. The molecule has 1 fully saturated rings. The summed E-state index contributed by atoms with van der Waals surface area (Å²) in [6.07, 6.45) is 5.10. The Morgan fingerprint density at radius 1 is 1.04 bits per heavy atom. The smallest absolute Gasteiger partial charge is 0.262 e. The maximum Gasteiger partial charge on any atom is 0.262 e. The molecule has 7 nitrogen and oxygen atoms in total. The zero-order valence-electron chi connectivity index (χ0n) is 13.5. The van der Waals surface area contributed by atoms with Crippen molar-refractivity contribution in [2.24, 2.45) is 0 Å². The number of nitrogens with zero attached hydrogens (tertiary/aromatic N) is 6. The van der Waals surface area contributed by atoms with Crippen molar-refractivity contribution in [3.63, 3.8) is 0 Å².